The molecular formula is C10H13F3N2O. The van der Waals surface area contributed by atoms with E-state index in [-0.39, 0.29) is 0 Å². The van der Waals surface area contributed by atoms with Crippen LogP contribution in [0.2, 0.25) is 0 Å². The molecule has 1 rings (SSSR count). The minimum Gasteiger partial charge on any atom is -0.388 e. The van der Waals surface area contributed by atoms with Crippen LogP contribution >= 0.6 is 0 Å². The first-order valence-electron chi connectivity index (χ1n) is 4.81. The third-order valence-corrected chi connectivity index (χ3v) is 2.13. The van der Waals surface area contributed by atoms with Gasteiger partial charge in [-0.25, -0.2) is 0 Å². The molecule has 0 saturated carbocycles. The second-order valence-corrected chi connectivity index (χ2v) is 3.38. The van der Waals surface area contributed by atoms with Crippen molar-refractivity contribution in [3.63, 3.8) is 0 Å². The zero-order valence-corrected chi connectivity index (χ0v) is 8.75. The van der Waals surface area contributed by atoms with E-state index in [1.165, 1.54) is 6.07 Å². The predicted molar refractivity (Wildman–Crippen MR) is 52.7 cm³/mol. The van der Waals surface area contributed by atoms with Gasteiger partial charge in [0.2, 0.25) is 0 Å². The van der Waals surface area contributed by atoms with Crippen LogP contribution in [-0.4, -0.2) is 23.7 Å². The lowest BCUT2D eigenvalue weighted by Crippen LogP contribution is -2.13. The number of rotatable bonds is 4. The molecule has 0 amide bonds. The third-order valence-electron chi connectivity index (χ3n) is 2.13. The first kappa shape index (κ1) is 12.9. The number of nitrogens with zero attached hydrogens (tertiary/aromatic N) is 1. The molecule has 0 radical (unpaired) electrons. The number of halogens is 3. The fraction of sp³-hybridized carbons (Fsp3) is 0.500. The topological polar surface area (TPSA) is 45.1 Å². The van der Waals surface area contributed by atoms with Crippen molar-refractivity contribution < 1.29 is 18.3 Å². The van der Waals surface area contributed by atoms with Crippen LogP contribution in [0.4, 0.5) is 13.2 Å². The Bertz CT molecular complexity index is 324. The average molecular weight is 234 g/mol. The number of nitrogens with one attached hydrogen (secondary N) is 1. The molecule has 1 aromatic rings. The number of pyridine rings is 1. The maximum atomic E-state index is 12.2. The van der Waals surface area contributed by atoms with Gasteiger partial charge in [0.1, 0.15) is 5.69 Å². The van der Waals surface area contributed by atoms with Gasteiger partial charge in [0.05, 0.1) is 6.10 Å². The Labute approximate surface area is 91.3 Å². The summed E-state index contributed by atoms with van der Waals surface area (Å²) in [5, 5.41) is 12.4. The van der Waals surface area contributed by atoms with Gasteiger partial charge in [0.25, 0.3) is 0 Å². The molecular weight excluding hydrogens is 221 g/mol. The highest BCUT2D eigenvalue weighted by atomic mass is 19.4. The average Bonchev–Trinajstić information content (AvgIpc) is 2.25. The number of aliphatic hydroxyl groups excluding tert-OH is 1. The maximum Gasteiger partial charge on any atom is 0.433 e. The van der Waals surface area contributed by atoms with Gasteiger partial charge in [-0.3, -0.25) is 4.98 Å². The molecule has 0 aliphatic carbocycles. The Morgan fingerprint density at radius 2 is 2.12 bits per heavy atom. The van der Waals surface area contributed by atoms with Crippen LogP contribution in [0.3, 0.4) is 0 Å². The number of alkyl halides is 3. The van der Waals surface area contributed by atoms with E-state index in [9.17, 15) is 18.3 Å². The van der Waals surface area contributed by atoms with Crippen LogP contribution in [-0.2, 0) is 6.18 Å². The Hall–Kier alpha value is -1.14. The fourth-order valence-electron chi connectivity index (χ4n) is 1.22. The predicted octanol–water partition coefficient (Wildman–Crippen LogP) is 1.74. The van der Waals surface area contributed by atoms with Crippen molar-refractivity contribution in [3.8, 4) is 0 Å². The molecule has 3 nitrogen and oxygen atoms in total. The lowest BCUT2D eigenvalue weighted by atomic mass is 10.1. The molecule has 0 bridgehead atoms. The summed E-state index contributed by atoms with van der Waals surface area (Å²) in [6.45, 7) is 0.586. The summed E-state index contributed by atoms with van der Waals surface area (Å²) >= 11 is 0. The van der Waals surface area contributed by atoms with Crippen molar-refractivity contribution in [3.05, 3.63) is 29.6 Å². The van der Waals surface area contributed by atoms with E-state index in [2.05, 4.69) is 10.3 Å². The molecule has 0 aliphatic rings. The number of aromatic nitrogens is 1. The largest absolute Gasteiger partial charge is 0.433 e. The van der Waals surface area contributed by atoms with E-state index >= 15 is 0 Å². The van der Waals surface area contributed by atoms with Crippen molar-refractivity contribution >= 4 is 0 Å². The molecule has 0 aromatic carbocycles. The van der Waals surface area contributed by atoms with E-state index in [4.69, 9.17) is 0 Å². The van der Waals surface area contributed by atoms with E-state index < -0.39 is 18.0 Å². The summed E-state index contributed by atoms with van der Waals surface area (Å²) in [6, 6.07) is 2.12. The zero-order valence-electron chi connectivity index (χ0n) is 8.75. The highest BCUT2D eigenvalue weighted by Crippen LogP contribution is 2.28. The fourth-order valence-corrected chi connectivity index (χ4v) is 1.22. The van der Waals surface area contributed by atoms with Crippen LogP contribution in [0.15, 0.2) is 18.3 Å². The molecule has 16 heavy (non-hydrogen) atoms. The minimum absolute atomic E-state index is 0.392. The standard InChI is InChI=1S/C10H13F3N2O/c1-14-5-4-8(16)7-2-3-9(15-6-7)10(11,12)13/h2-3,6,8,14,16H,4-5H2,1H3. The normalized spacial score (nSPS) is 13.8. The van der Waals surface area contributed by atoms with Crippen LogP contribution in [0.5, 0.6) is 0 Å². The molecule has 2 N–H and O–H groups in total. The molecule has 1 atom stereocenters. The van der Waals surface area contributed by atoms with E-state index in [0.717, 1.165) is 12.3 Å². The second kappa shape index (κ2) is 5.27. The van der Waals surface area contributed by atoms with Gasteiger partial charge < -0.3 is 10.4 Å². The molecule has 0 aliphatic heterocycles. The lowest BCUT2D eigenvalue weighted by Gasteiger charge is -2.11. The lowest BCUT2D eigenvalue weighted by molar-refractivity contribution is -0.141. The Morgan fingerprint density at radius 1 is 1.44 bits per heavy atom. The molecule has 1 aromatic heterocycles. The highest BCUT2D eigenvalue weighted by Gasteiger charge is 2.32. The molecule has 90 valence electrons. The summed E-state index contributed by atoms with van der Waals surface area (Å²) in [5.74, 6) is 0. The highest BCUT2D eigenvalue weighted by molar-refractivity contribution is 5.18. The quantitative estimate of drug-likeness (QED) is 0.834. The van der Waals surface area contributed by atoms with Crippen molar-refractivity contribution in [1.29, 1.82) is 0 Å². The molecule has 0 saturated heterocycles. The van der Waals surface area contributed by atoms with Crippen molar-refractivity contribution in [2.45, 2.75) is 18.7 Å². The number of hydrogen-bond acceptors (Lipinski definition) is 3. The van der Waals surface area contributed by atoms with Gasteiger partial charge in [-0.2, -0.15) is 13.2 Å². The monoisotopic (exact) mass is 234 g/mol. The number of aliphatic hydroxyl groups is 1. The maximum absolute atomic E-state index is 12.2. The SMILES string of the molecule is CNCCC(O)c1ccc(C(F)(F)F)nc1. The van der Waals surface area contributed by atoms with Crippen molar-refractivity contribution in [2.75, 3.05) is 13.6 Å². The summed E-state index contributed by atoms with van der Waals surface area (Å²) in [7, 11) is 1.73. The number of hydrogen-bond donors (Lipinski definition) is 2. The molecule has 6 heteroatoms. The van der Waals surface area contributed by atoms with E-state index in [1.54, 1.807) is 7.05 Å². The van der Waals surface area contributed by atoms with Gasteiger partial charge in [-0.1, -0.05) is 6.07 Å². The van der Waals surface area contributed by atoms with Crippen LogP contribution < -0.4 is 5.32 Å². The van der Waals surface area contributed by atoms with Gasteiger partial charge in [0.15, 0.2) is 0 Å². The Balaban J connectivity index is 2.71. The molecule has 1 heterocycles. The van der Waals surface area contributed by atoms with Crippen molar-refractivity contribution in [2.24, 2.45) is 0 Å². The zero-order chi connectivity index (χ0) is 12.2. The summed E-state index contributed by atoms with van der Waals surface area (Å²) < 4.78 is 36.6. The van der Waals surface area contributed by atoms with Gasteiger partial charge in [0, 0.05) is 6.20 Å². The molecule has 0 fully saturated rings. The summed E-state index contributed by atoms with van der Waals surface area (Å²) in [5.41, 5.74) is -0.555. The molecule has 0 spiro atoms. The van der Waals surface area contributed by atoms with E-state index in [1.807, 2.05) is 0 Å². The summed E-state index contributed by atoms with van der Waals surface area (Å²) in [4.78, 5) is 3.27. The second-order valence-electron chi connectivity index (χ2n) is 3.38. The first-order valence-corrected chi connectivity index (χ1v) is 4.81. The van der Waals surface area contributed by atoms with Gasteiger partial charge in [-0.15, -0.1) is 0 Å². The van der Waals surface area contributed by atoms with Crippen molar-refractivity contribution in [1.82, 2.24) is 10.3 Å². The smallest absolute Gasteiger partial charge is 0.388 e. The van der Waals surface area contributed by atoms with Crippen LogP contribution in [0.25, 0.3) is 0 Å². The summed E-state index contributed by atoms with van der Waals surface area (Å²) in [6.07, 6.45) is -3.73. The molecule has 1 unspecified atom stereocenters. The van der Waals surface area contributed by atoms with Gasteiger partial charge >= 0.3 is 6.18 Å². The third kappa shape index (κ3) is 3.46. The Kier molecular flexibility index (Phi) is 4.26. The minimum atomic E-state index is -4.44. The van der Waals surface area contributed by atoms with E-state index in [0.29, 0.717) is 18.5 Å². The Morgan fingerprint density at radius 3 is 2.56 bits per heavy atom. The first-order chi connectivity index (χ1) is 7.45. The van der Waals surface area contributed by atoms with Crippen LogP contribution in [0.1, 0.15) is 23.8 Å². The van der Waals surface area contributed by atoms with Crippen LogP contribution in [0, 0.1) is 0 Å². The van der Waals surface area contributed by atoms with Gasteiger partial charge in [-0.05, 0) is 31.6 Å².